The Hall–Kier alpha value is -3.12. The molecule has 2 heterocycles. The van der Waals surface area contributed by atoms with Gasteiger partial charge in [-0.25, -0.2) is 0 Å². The third-order valence-electron chi connectivity index (χ3n) is 5.03. The molecule has 2 amide bonds. The Kier molecular flexibility index (Phi) is 4.65. The summed E-state index contributed by atoms with van der Waals surface area (Å²) in [5.41, 5.74) is 9.09. The molecule has 1 aromatic heterocycles. The molecule has 28 heavy (non-hydrogen) atoms. The smallest absolute Gasteiger partial charge is 0.260 e. The highest BCUT2D eigenvalue weighted by molar-refractivity contribution is 6.30. The Bertz CT molecular complexity index is 1060. The number of nitrogens with zero attached hydrogens (tertiary/aromatic N) is 2. The van der Waals surface area contributed by atoms with Crippen molar-refractivity contribution in [2.45, 2.75) is 25.9 Å². The van der Waals surface area contributed by atoms with Crippen LogP contribution in [0.4, 0.5) is 0 Å². The zero-order valence-corrected chi connectivity index (χ0v) is 15.9. The van der Waals surface area contributed by atoms with Gasteiger partial charge in [-0.2, -0.15) is 0 Å². The second kappa shape index (κ2) is 7.13. The zero-order chi connectivity index (χ0) is 19.8. The van der Waals surface area contributed by atoms with Crippen molar-refractivity contribution in [3.8, 4) is 11.3 Å². The van der Waals surface area contributed by atoms with Crippen LogP contribution in [0.2, 0.25) is 5.02 Å². The first kappa shape index (κ1) is 18.3. The highest BCUT2D eigenvalue weighted by Crippen LogP contribution is 2.31. The first-order valence-corrected chi connectivity index (χ1v) is 9.22. The summed E-state index contributed by atoms with van der Waals surface area (Å²) < 4.78 is 5.31. The molecule has 0 unspecified atom stereocenters. The highest BCUT2D eigenvalue weighted by Gasteiger charge is 2.36. The second-order valence-electron chi connectivity index (χ2n) is 6.79. The number of rotatable bonds is 3. The van der Waals surface area contributed by atoms with Crippen LogP contribution >= 0.6 is 11.6 Å². The summed E-state index contributed by atoms with van der Waals surface area (Å²) >= 11 is 5.96. The average Bonchev–Trinajstić information content (AvgIpc) is 3.08. The average molecular weight is 396 g/mol. The van der Waals surface area contributed by atoms with Crippen LogP contribution in [0.25, 0.3) is 11.3 Å². The highest BCUT2D eigenvalue weighted by atomic mass is 35.5. The summed E-state index contributed by atoms with van der Waals surface area (Å²) in [6.07, 6.45) is 0.387. The normalized spacial score (nSPS) is 15.9. The predicted molar refractivity (Wildman–Crippen MR) is 105 cm³/mol. The van der Waals surface area contributed by atoms with Crippen molar-refractivity contribution in [3.63, 3.8) is 0 Å². The Balaban J connectivity index is 1.76. The number of benzene rings is 2. The molecule has 0 fully saturated rings. The minimum absolute atomic E-state index is 0.299. The minimum atomic E-state index is -0.727. The molecule has 0 saturated heterocycles. The first-order valence-electron chi connectivity index (χ1n) is 8.85. The number of hydrogen-bond acceptors (Lipinski definition) is 4. The van der Waals surface area contributed by atoms with Gasteiger partial charge in [0, 0.05) is 23.6 Å². The molecule has 142 valence electrons. The second-order valence-corrected chi connectivity index (χ2v) is 7.23. The van der Waals surface area contributed by atoms with E-state index in [1.165, 1.54) is 4.90 Å². The van der Waals surface area contributed by atoms with Gasteiger partial charge in [-0.05, 0) is 30.2 Å². The van der Waals surface area contributed by atoms with E-state index >= 15 is 0 Å². The third-order valence-corrected chi connectivity index (χ3v) is 5.28. The quantitative estimate of drug-likeness (QED) is 0.736. The van der Waals surface area contributed by atoms with E-state index in [4.69, 9.17) is 21.9 Å². The van der Waals surface area contributed by atoms with Crippen LogP contribution in [0, 0.1) is 6.92 Å². The number of carbonyl (C=O) groups is 2. The Morgan fingerprint density at radius 1 is 1.14 bits per heavy atom. The van der Waals surface area contributed by atoms with Gasteiger partial charge in [0.15, 0.2) is 0 Å². The van der Waals surface area contributed by atoms with E-state index < -0.39 is 11.9 Å². The maximum atomic E-state index is 13.5. The number of amides is 2. The number of halogens is 1. The number of aryl methyl sites for hydroxylation is 1. The van der Waals surface area contributed by atoms with E-state index in [2.05, 4.69) is 5.16 Å². The SMILES string of the molecule is Cc1onc(-c2ccc(Cl)cc2)c1C(=O)N1Cc2ccccc2C[C@@H]1C(N)=O. The topological polar surface area (TPSA) is 89.4 Å². The van der Waals surface area contributed by atoms with Crippen LogP contribution in [0.5, 0.6) is 0 Å². The Morgan fingerprint density at radius 3 is 2.50 bits per heavy atom. The van der Waals surface area contributed by atoms with E-state index in [1.807, 2.05) is 24.3 Å². The molecule has 0 radical (unpaired) electrons. The molecular weight excluding hydrogens is 378 g/mol. The molecule has 3 aromatic rings. The maximum absolute atomic E-state index is 13.5. The molecule has 0 aliphatic carbocycles. The van der Waals surface area contributed by atoms with E-state index in [-0.39, 0.29) is 5.91 Å². The van der Waals surface area contributed by atoms with Gasteiger partial charge < -0.3 is 15.2 Å². The first-order chi connectivity index (χ1) is 13.5. The van der Waals surface area contributed by atoms with Crippen molar-refractivity contribution in [1.29, 1.82) is 0 Å². The zero-order valence-electron chi connectivity index (χ0n) is 15.2. The Labute approximate surface area is 166 Å². The van der Waals surface area contributed by atoms with E-state index in [9.17, 15) is 9.59 Å². The molecule has 6 nitrogen and oxygen atoms in total. The standard InChI is InChI=1S/C21H18ClN3O3/c1-12-18(19(24-28-12)13-6-8-16(22)9-7-13)21(27)25-11-15-5-3-2-4-14(15)10-17(25)20(23)26/h2-9,17H,10-11H2,1H3,(H2,23,26)/t17-/m1/s1. The summed E-state index contributed by atoms with van der Waals surface area (Å²) in [6.45, 7) is 1.98. The van der Waals surface area contributed by atoms with Crippen LogP contribution in [0.3, 0.4) is 0 Å². The van der Waals surface area contributed by atoms with Crippen molar-refractivity contribution < 1.29 is 14.1 Å². The van der Waals surface area contributed by atoms with Crippen LogP contribution < -0.4 is 5.73 Å². The molecule has 0 spiro atoms. The third kappa shape index (κ3) is 3.16. The molecule has 2 N–H and O–H groups in total. The number of hydrogen-bond donors (Lipinski definition) is 1. The monoisotopic (exact) mass is 395 g/mol. The van der Waals surface area contributed by atoms with E-state index in [0.717, 1.165) is 11.1 Å². The summed E-state index contributed by atoms with van der Waals surface area (Å²) in [7, 11) is 0. The predicted octanol–water partition coefficient (Wildman–Crippen LogP) is 3.36. The molecule has 4 rings (SSSR count). The van der Waals surface area contributed by atoms with Gasteiger partial charge in [-0.3, -0.25) is 9.59 Å². The molecule has 2 aromatic carbocycles. The summed E-state index contributed by atoms with van der Waals surface area (Å²) in [5.74, 6) is -0.482. The van der Waals surface area contributed by atoms with Crippen LogP contribution in [-0.4, -0.2) is 27.9 Å². The fraction of sp³-hybridized carbons (Fsp3) is 0.190. The van der Waals surface area contributed by atoms with Gasteiger partial charge in [0.25, 0.3) is 5.91 Å². The number of primary amides is 1. The van der Waals surface area contributed by atoms with Crippen LogP contribution in [0.15, 0.2) is 53.1 Å². The van der Waals surface area contributed by atoms with E-state index in [0.29, 0.717) is 40.6 Å². The van der Waals surface area contributed by atoms with Crippen molar-refractivity contribution in [3.05, 3.63) is 76.0 Å². The van der Waals surface area contributed by atoms with Gasteiger partial charge in [0.05, 0.1) is 0 Å². The summed E-state index contributed by atoms with van der Waals surface area (Å²) in [4.78, 5) is 27.1. The lowest BCUT2D eigenvalue weighted by Gasteiger charge is -2.35. The van der Waals surface area contributed by atoms with Crippen LogP contribution in [0.1, 0.15) is 27.2 Å². The van der Waals surface area contributed by atoms with Crippen molar-refractivity contribution >= 4 is 23.4 Å². The molecule has 1 atom stereocenters. The van der Waals surface area contributed by atoms with Gasteiger partial charge in [0.1, 0.15) is 23.1 Å². The van der Waals surface area contributed by atoms with Crippen LogP contribution in [-0.2, 0) is 17.8 Å². The largest absolute Gasteiger partial charge is 0.368 e. The maximum Gasteiger partial charge on any atom is 0.260 e. The number of carbonyl (C=O) groups excluding carboxylic acids is 2. The number of fused-ring (bicyclic) bond motifs is 1. The summed E-state index contributed by atoms with van der Waals surface area (Å²) in [5, 5.41) is 4.65. The fourth-order valence-electron chi connectivity index (χ4n) is 3.56. The fourth-order valence-corrected chi connectivity index (χ4v) is 3.69. The molecule has 1 aliphatic heterocycles. The number of nitrogens with two attached hydrogens (primary N) is 1. The molecular formula is C21H18ClN3O3. The molecule has 0 bridgehead atoms. The van der Waals surface area contributed by atoms with Crippen molar-refractivity contribution in [1.82, 2.24) is 10.1 Å². The lowest BCUT2D eigenvalue weighted by molar-refractivity contribution is -0.122. The minimum Gasteiger partial charge on any atom is -0.368 e. The van der Waals surface area contributed by atoms with Crippen molar-refractivity contribution in [2.75, 3.05) is 0 Å². The molecule has 7 heteroatoms. The lowest BCUT2D eigenvalue weighted by atomic mass is 9.92. The summed E-state index contributed by atoms with van der Waals surface area (Å²) in [6, 6.07) is 14.0. The molecule has 1 aliphatic rings. The van der Waals surface area contributed by atoms with Gasteiger partial charge in [-0.15, -0.1) is 0 Å². The van der Waals surface area contributed by atoms with Gasteiger partial charge in [0.2, 0.25) is 5.91 Å². The van der Waals surface area contributed by atoms with Gasteiger partial charge in [-0.1, -0.05) is 53.2 Å². The van der Waals surface area contributed by atoms with Crippen molar-refractivity contribution in [2.24, 2.45) is 5.73 Å². The van der Waals surface area contributed by atoms with E-state index in [1.54, 1.807) is 31.2 Å². The number of aromatic nitrogens is 1. The lowest BCUT2D eigenvalue weighted by Crippen LogP contribution is -2.51. The molecule has 0 saturated carbocycles. The van der Waals surface area contributed by atoms with Gasteiger partial charge >= 0.3 is 0 Å². The Morgan fingerprint density at radius 2 is 1.82 bits per heavy atom.